The van der Waals surface area contributed by atoms with Gasteiger partial charge in [0.15, 0.2) is 0 Å². The average Bonchev–Trinajstić information content (AvgIpc) is 3.32. The third kappa shape index (κ3) is 4.52. The molecule has 0 radical (unpaired) electrons. The fourth-order valence-corrected chi connectivity index (χ4v) is 5.50. The van der Waals surface area contributed by atoms with Gasteiger partial charge in [-0.25, -0.2) is 13.2 Å². The maximum absolute atomic E-state index is 13.8. The molecule has 2 heterocycles. The number of fused-ring (bicyclic) bond motifs is 1. The first-order valence-electron chi connectivity index (χ1n) is 10.5. The fraction of sp³-hybridized carbons (Fsp3) is 0.200. The summed E-state index contributed by atoms with van der Waals surface area (Å²) in [6, 6.07) is 14.7. The number of hydrogen-bond acceptors (Lipinski definition) is 6. The molecule has 2 aromatic heterocycles. The second kappa shape index (κ2) is 9.28. The number of sulfonamides is 1. The van der Waals surface area contributed by atoms with Crippen molar-refractivity contribution in [3.8, 4) is 0 Å². The van der Waals surface area contributed by atoms with E-state index in [2.05, 4.69) is 4.98 Å². The Balaban J connectivity index is 1.83. The predicted molar refractivity (Wildman–Crippen MR) is 127 cm³/mol. The van der Waals surface area contributed by atoms with Gasteiger partial charge in [-0.05, 0) is 61.4 Å². The van der Waals surface area contributed by atoms with Crippen molar-refractivity contribution in [2.75, 3.05) is 7.11 Å². The summed E-state index contributed by atoms with van der Waals surface area (Å²) in [7, 11) is -3.04. The average molecular weight is 481 g/mol. The van der Waals surface area contributed by atoms with E-state index >= 15 is 0 Å². The largest absolute Gasteiger partial charge is 0.468 e. The van der Waals surface area contributed by atoms with E-state index < -0.39 is 21.6 Å². The Morgan fingerprint density at radius 1 is 1.06 bits per heavy atom. The van der Waals surface area contributed by atoms with Crippen LogP contribution < -0.4 is 5.56 Å². The minimum atomic E-state index is -4.23. The topological polar surface area (TPSA) is 110 Å². The molecule has 0 fully saturated rings. The highest BCUT2D eigenvalue weighted by Crippen LogP contribution is 2.25. The van der Waals surface area contributed by atoms with Gasteiger partial charge in [-0.1, -0.05) is 18.2 Å². The van der Waals surface area contributed by atoms with E-state index in [1.54, 1.807) is 24.3 Å². The zero-order valence-electron chi connectivity index (χ0n) is 19.0. The van der Waals surface area contributed by atoms with Crippen LogP contribution in [-0.2, 0) is 27.8 Å². The number of methoxy groups -OCH3 is 1. The zero-order chi connectivity index (χ0) is 24.5. The van der Waals surface area contributed by atoms with Crippen LogP contribution in [0.3, 0.4) is 0 Å². The lowest BCUT2D eigenvalue weighted by Gasteiger charge is -2.22. The van der Waals surface area contributed by atoms with Gasteiger partial charge in [-0.3, -0.25) is 4.79 Å². The summed E-state index contributed by atoms with van der Waals surface area (Å²) in [5, 5.41) is 0.825. The number of pyridine rings is 1. The van der Waals surface area contributed by atoms with E-state index in [1.807, 2.05) is 26.0 Å². The third-order valence-electron chi connectivity index (χ3n) is 5.56. The van der Waals surface area contributed by atoms with Gasteiger partial charge in [-0.2, -0.15) is 4.31 Å². The van der Waals surface area contributed by atoms with Crippen molar-refractivity contribution in [2.24, 2.45) is 0 Å². The molecule has 4 rings (SSSR count). The zero-order valence-corrected chi connectivity index (χ0v) is 19.8. The molecule has 1 N–H and O–H groups in total. The Morgan fingerprint density at radius 3 is 2.53 bits per heavy atom. The number of hydrogen-bond donors (Lipinski definition) is 1. The van der Waals surface area contributed by atoms with Crippen molar-refractivity contribution in [2.45, 2.75) is 31.8 Å². The molecule has 0 aliphatic heterocycles. The number of aromatic nitrogens is 1. The third-order valence-corrected chi connectivity index (χ3v) is 7.41. The summed E-state index contributed by atoms with van der Waals surface area (Å²) >= 11 is 0. The van der Waals surface area contributed by atoms with Gasteiger partial charge in [0.2, 0.25) is 10.0 Å². The van der Waals surface area contributed by atoms with Crippen molar-refractivity contribution >= 4 is 26.9 Å². The standard InChI is InChI=1S/C25H24N2O6S/c1-16-11-17(2)21-13-18(24(28)26-22(21)12-16)14-27(15-19-7-6-10-33-19)34(30,31)23-9-5-4-8-20(23)25(29)32-3/h4-13H,14-15H2,1-3H3,(H,26,28). The highest BCUT2D eigenvalue weighted by atomic mass is 32.2. The normalized spacial score (nSPS) is 11.8. The first-order chi connectivity index (χ1) is 16.2. The Kier molecular flexibility index (Phi) is 6.41. The SMILES string of the molecule is COC(=O)c1ccccc1S(=O)(=O)N(Cc1ccco1)Cc1cc2c(C)cc(C)cc2[nH]c1=O. The summed E-state index contributed by atoms with van der Waals surface area (Å²) < 4.78 is 38.8. The van der Waals surface area contributed by atoms with Gasteiger partial charge in [0.25, 0.3) is 5.56 Å². The number of nitrogens with zero attached hydrogens (tertiary/aromatic N) is 1. The highest BCUT2D eigenvalue weighted by Gasteiger charge is 2.31. The Morgan fingerprint density at radius 2 is 1.82 bits per heavy atom. The lowest BCUT2D eigenvalue weighted by Crippen LogP contribution is -2.33. The number of aryl methyl sites for hydroxylation is 2. The molecule has 9 heteroatoms. The minimum Gasteiger partial charge on any atom is -0.468 e. The van der Waals surface area contributed by atoms with E-state index in [9.17, 15) is 18.0 Å². The van der Waals surface area contributed by atoms with Crippen LogP contribution in [0, 0.1) is 13.8 Å². The van der Waals surface area contributed by atoms with Crippen LogP contribution in [0.5, 0.6) is 0 Å². The van der Waals surface area contributed by atoms with Crippen LogP contribution in [0.15, 0.2) is 75.0 Å². The molecule has 2 aromatic carbocycles. The van der Waals surface area contributed by atoms with Crippen molar-refractivity contribution in [3.05, 3.63) is 99.2 Å². The van der Waals surface area contributed by atoms with E-state index in [0.717, 1.165) is 20.8 Å². The van der Waals surface area contributed by atoms with Gasteiger partial charge in [0.1, 0.15) is 5.76 Å². The first kappa shape index (κ1) is 23.5. The molecule has 0 atom stereocenters. The summed E-state index contributed by atoms with van der Waals surface area (Å²) in [5.41, 5.74) is 2.44. The number of carbonyl (C=O) groups is 1. The van der Waals surface area contributed by atoms with Crippen LogP contribution in [0.25, 0.3) is 10.9 Å². The summed E-state index contributed by atoms with van der Waals surface area (Å²) in [6.07, 6.45) is 1.44. The van der Waals surface area contributed by atoms with Gasteiger partial charge >= 0.3 is 5.97 Å². The maximum Gasteiger partial charge on any atom is 0.339 e. The summed E-state index contributed by atoms with van der Waals surface area (Å²) in [5.74, 6) is -0.380. The number of H-pyrrole nitrogens is 1. The van der Waals surface area contributed by atoms with Gasteiger partial charge in [-0.15, -0.1) is 0 Å². The number of carbonyl (C=O) groups excluding carboxylic acids is 1. The van der Waals surface area contributed by atoms with Crippen molar-refractivity contribution in [1.29, 1.82) is 0 Å². The number of rotatable bonds is 7. The quantitative estimate of drug-likeness (QED) is 0.402. The van der Waals surface area contributed by atoms with E-state index in [4.69, 9.17) is 9.15 Å². The van der Waals surface area contributed by atoms with Crippen LogP contribution in [0.2, 0.25) is 0 Å². The van der Waals surface area contributed by atoms with Crippen LogP contribution >= 0.6 is 0 Å². The number of aromatic amines is 1. The second-order valence-electron chi connectivity index (χ2n) is 8.01. The van der Waals surface area contributed by atoms with Crippen LogP contribution in [0.4, 0.5) is 0 Å². The van der Waals surface area contributed by atoms with Crippen molar-refractivity contribution in [1.82, 2.24) is 9.29 Å². The van der Waals surface area contributed by atoms with Crippen LogP contribution in [-0.4, -0.2) is 30.8 Å². The van der Waals surface area contributed by atoms with Crippen molar-refractivity contribution in [3.63, 3.8) is 0 Å². The number of nitrogens with one attached hydrogen (secondary N) is 1. The number of furan rings is 1. The molecule has 176 valence electrons. The summed E-state index contributed by atoms with van der Waals surface area (Å²) in [4.78, 5) is 27.8. The predicted octanol–water partition coefficient (Wildman–Crippen LogP) is 3.92. The molecular weight excluding hydrogens is 456 g/mol. The molecule has 0 aliphatic rings. The van der Waals surface area contributed by atoms with E-state index in [-0.39, 0.29) is 29.1 Å². The van der Waals surface area contributed by atoms with Crippen molar-refractivity contribution < 1.29 is 22.4 Å². The van der Waals surface area contributed by atoms with Gasteiger partial charge in [0, 0.05) is 23.0 Å². The second-order valence-corrected chi connectivity index (χ2v) is 9.91. The molecule has 0 saturated heterocycles. The fourth-order valence-electron chi connectivity index (χ4n) is 3.94. The van der Waals surface area contributed by atoms with E-state index in [1.165, 1.54) is 31.6 Å². The first-order valence-corrected chi connectivity index (χ1v) is 12.0. The summed E-state index contributed by atoms with van der Waals surface area (Å²) in [6.45, 7) is 3.52. The molecular formula is C25H24N2O6S. The molecule has 0 spiro atoms. The Hall–Kier alpha value is -3.69. The van der Waals surface area contributed by atoms with Crippen LogP contribution in [0.1, 0.15) is 32.8 Å². The lowest BCUT2D eigenvalue weighted by atomic mass is 10.0. The Labute approximate surface area is 196 Å². The molecule has 0 aliphatic carbocycles. The maximum atomic E-state index is 13.8. The van der Waals surface area contributed by atoms with Gasteiger partial charge in [0.05, 0.1) is 30.4 Å². The molecule has 0 unspecified atom stereocenters. The minimum absolute atomic E-state index is 0.0896. The number of esters is 1. The number of benzene rings is 2. The van der Waals surface area contributed by atoms with Gasteiger partial charge < -0.3 is 14.1 Å². The van der Waals surface area contributed by atoms with E-state index in [0.29, 0.717) is 11.3 Å². The molecule has 0 bridgehead atoms. The monoisotopic (exact) mass is 480 g/mol. The highest BCUT2D eigenvalue weighted by molar-refractivity contribution is 7.89. The number of ether oxygens (including phenoxy) is 1. The molecule has 34 heavy (non-hydrogen) atoms. The molecule has 0 saturated carbocycles. The lowest BCUT2D eigenvalue weighted by molar-refractivity contribution is 0.0596. The Bertz CT molecular complexity index is 1520. The molecule has 8 nitrogen and oxygen atoms in total. The smallest absolute Gasteiger partial charge is 0.339 e. The molecule has 0 amide bonds. The molecule has 4 aromatic rings.